The Labute approximate surface area is 122 Å². The fraction of sp³-hybridized carbons (Fsp3) is 0.0909. The van der Waals surface area contributed by atoms with Crippen LogP contribution in [0.3, 0.4) is 0 Å². The lowest BCUT2D eigenvalue weighted by atomic mass is 10.1. The third kappa shape index (κ3) is 2.80. The van der Waals surface area contributed by atoms with Crippen molar-refractivity contribution in [2.24, 2.45) is 0 Å². The van der Waals surface area contributed by atoms with E-state index in [-0.39, 0.29) is 10.0 Å². The third-order valence-electron chi connectivity index (χ3n) is 2.16. The summed E-state index contributed by atoms with van der Waals surface area (Å²) < 4.78 is 33.0. The molecule has 1 atom stereocenters. The molecule has 1 nitrogen and oxygen atoms in total. The smallest absolute Gasteiger partial charge is 0.169 e. The lowest BCUT2D eigenvalue weighted by Crippen LogP contribution is -1.97. The highest BCUT2D eigenvalue weighted by atomic mass is 79.9. The van der Waals surface area contributed by atoms with Gasteiger partial charge >= 0.3 is 0 Å². The Morgan fingerprint density at radius 1 is 1.06 bits per heavy atom. The maximum absolute atomic E-state index is 13.7. The summed E-state index contributed by atoms with van der Waals surface area (Å²) in [4.78, 5) is -0.531. The molecule has 2 aromatic rings. The topological polar surface area (TPSA) is 13.1 Å². The Hall–Kier alpha value is -0.200. The molecule has 0 fully saturated rings. The fourth-order valence-corrected chi connectivity index (χ4v) is 2.58. The van der Waals surface area contributed by atoms with Gasteiger partial charge in [0.25, 0.3) is 0 Å². The maximum Gasteiger partial charge on any atom is 0.169 e. The zero-order chi connectivity index (χ0) is 12.6. The summed E-state index contributed by atoms with van der Waals surface area (Å²) in [5.41, 5.74) is 0.188. The zero-order valence-electron chi connectivity index (χ0n) is 8.18. The molecule has 1 heterocycles. The molecule has 1 aromatic heterocycles. The summed E-state index contributed by atoms with van der Waals surface area (Å²) in [6.07, 6.45) is 0. The number of hydrogen-bond acceptors (Lipinski definition) is 1. The predicted octanol–water partition coefficient (Wildman–Crippen LogP) is 5.57. The fourth-order valence-electron chi connectivity index (χ4n) is 1.35. The normalized spacial score (nSPS) is 12.8. The van der Waals surface area contributed by atoms with Crippen molar-refractivity contribution >= 4 is 47.8 Å². The number of furan rings is 1. The second-order valence-corrected chi connectivity index (χ2v) is 5.84. The van der Waals surface area contributed by atoms with Crippen LogP contribution in [0, 0.1) is 11.6 Å². The molecule has 1 aromatic carbocycles. The van der Waals surface area contributed by atoms with Crippen LogP contribution in [0.5, 0.6) is 0 Å². The van der Waals surface area contributed by atoms with Gasteiger partial charge in [-0.05, 0) is 56.1 Å². The van der Waals surface area contributed by atoms with Gasteiger partial charge in [-0.2, -0.15) is 0 Å². The van der Waals surface area contributed by atoms with E-state index in [9.17, 15) is 8.78 Å². The maximum atomic E-state index is 13.7. The van der Waals surface area contributed by atoms with Gasteiger partial charge in [0, 0.05) is 5.56 Å². The van der Waals surface area contributed by atoms with E-state index in [4.69, 9.17) is 4.42 Å². The van der Waals surface area contributed by atoms with Crippen molar-refractivity contribution in [2.75, 3.05) is 0 Å². The van der Waals surface area contributed by atoms with Crippen molar-refractivity contribution < 1.29 is 13.2 Å². The Bertz CT molecular complexity index is 554. The first-order valence-corrected chi connectivity index (χ1v) is 7.03. The van der Waals surface area contributed by atoms with Crippen LogP contribution in [-0.2, 0) is 0 Å². The first-order valence-electron chi connectivity index (χ1n) is 4.53. The van der Waals surface area contributed by atoms with E-state index in [1.807, 2.05) is 0 Å². The minimum Gasteiger partial charge on any atom is -0.453 e. The second-order valence-electron chi connectivity index (χ2n) is 3.29. The molecule has 0 amide bonds. The monoisotopic (exact) mass is 428 g/mol. The van der Waals surface area contributed by atoms with Crippen molar-refractivity contribution in [2.45, 2.75) is 4.83 Å². The van der Waals surface area contributed by atoms with Crippen LogP contribution in [0.25, 0.3) is 0 Å². The van der Waals surface area contributed by atoms with Gasteiger partial charge in [-0.1, -0.05) is 15.9 Å². The number of hydrogen-bond donors (Lipinski definition) is 0. The average molecular weight is 431 g/mol. The molecule has 0 saturated heterocycles. The van der Waals surface area contributed by atoms with Gasteiger partial charge in [0.1, 0.15) is 22.2 Å². The van der Waals surface area contributed by atoms with Crippen LogP contribution >= 0.6 is 47.8 Å². The van der Waals surface area contributed by atoms with Gasteiger partial charge < -0.3 is 4.42 Å². The molecule has 6 heteroatoms. The Balaban J connectivity index is 2.43. The molecule has 0 aliphatic rings. The molecule has 0 aliphatic carbocycles. The highest BCUT2D eigenvalue weighted by molar-refractivity contribution is 9.10. The van der Waals surface area contributed by atoms with Gasteiger partial charge in [-0.25, -0.2) is 8.78 Å². The number of alkyl halides is 1. The molecule has 2 rings (SSSR count). The minimum atomic E-state index is -0.531. The quantitative estimate of drug-likeness (QED) is 0.448. The summed E-state index contributed by atoms with van der Waals surface area (Å²) in [5, 5.41) is 0. The van der Waals surface area contributed by atoms with Gasteiger partial charge in [0.15, 0.2) is 4.67 Å². The van der Waals surface area contributed by atoms with Crippen molar-refractivity contribution in [1.82, 2.24) is 0 Å². The van der Waals surface area contributed by atoms with Crippen LogP contribution in [0.1, 0.15) is 16.2 Å². The summed E-state index contributed by atoms with van der Waals surface area (Å²) >= 11 is 9.36. The highest BCUT2D eigenvalue weighted by Gasteiger charge is 2.20. The summed E-state index contributed by atoms with van der Waals surface area (Å²) in [7, 11) is 0. The van der Waals surface area contributed by atoms with E-state index in [1.165, 1.54) is 0 Å². The molecule has 0 N–H and O–H groups in total. The molecule has 0 radical (unpaired) electrons. The van der Waals surface area contributed by atoms with Crippen molar-refractivity contribution in [1.29, 1.82) is 0 Å². The Kier molecular flexibility index (Phi) is 4.05. The first-order chi connectivity index (χ1) is 7.99. The largest absolute Gasteiger partial charge is 0.453 e. The van der Waals surface area contributed by atoms with E-state index in [0.29, 0.717) is 10.4 Å². The SMILES string of the molecule is Fc1cc(C(Br)c2ccc(Br)o2)c(F)cc1Br. The molecular weight excluding hydrogens is 426 g/mol. The Morgan fingerprint density at radius 3 is 2.35 bits per heavy atom. The van der Waals surface area contributed by atoms with Gasteiger partial charge in [-0.15, -0.1) is 0 Å². The standard InChI is InChI=1S/C11H5Br3F2O/c12-6-4-7(15)5(3-8(6)16)11(14)9-1-2-10(13)17-9/h1-4,11H. The molecule has 90 valence electrons. The van der Waals surface area contributed by atoms with Gasteiger partial charge in [-0.3, -0.25) is 0 Å². The number of rotatable bonds is 2. The van der Waals surface area contributed by atoms with Crippen LogP contribution in [0.15, 0.2) is 37.8 Å². The van der Waals surface area contributed by atoms with E-state index >= 15 is 0 Å². The molecular formula is C11H5Br3F2O. The van der Waals surface area contributed by atoms with E-state index in [2.05, 4.69) is 47.8 Å². The van der Waals surface area contributed by atoms with Crippen LogP contribution in [0.4, 0.5) is 8.78 Å². The van der Waals surface area contributed by atoms with Crippen LogP contribution in [-0.4, -0.2) is 0 Å². The molecule has 0 aliphatic heterocycles. The van der Waals surface area contributed by atoms with Crippen LogP contribution in [0.2, 0.25) is 0 Å². The zero-order valence-corrected chi connectivity index (χ0v) is 12.9. The number of benzene rings is 1. The molecule has 17 heavy (non-hydrogen) atoms. The van der Waals surface area contributed by atoms with Gasteiger partial charge in [0.05, 0.1) is 4.47 Å². The average Bonchev–Trinajstić information content (AvgIpc) is 2.69. The predicted molar refractivity (Wildman–Crippen MR) is 71.2 cm³/mol. The Morgan fingerprint density at radius 2 is 1.76 bits per heavy atom. The highest BCUT2D eigenvalue weighted by Crippen LogP contribution is 2.36. The third-order valence-corrected chi connectivity index (χ3v) is 4.13. The molecule has 1 unspecified atom stereocenters. The lowest BCUT2D eigenvalue weighted by molar-refractivity contribution is 0.491. The lowest BCUT2D eigenvalue weighted by Gasteiger charge is -2.09. The molecule has 0 bridgehead atoms. The second kappa shape index (κ2) is 5.20. The van der Waals surface area contributed by atoms with Crippen molar-refractivity contribution in [3.05, 3.63) is 56.4 Å². The summed E-state index contributed by atoms with van der Waals surface area (Å²) in [5.74, 6) is -0.526. The van der Waals surface area contributed by atoms with E-state index in [1.54, 1.807) is 12.1 Å². The van der Waals surface area contributed by atoms with E-state index < -0.39 is 16.5 Å². The van der Waals surface area contributed by atoms with Crippen LogP contribution < -0.4 is 0 Å². The molecule has 0 spiro atoms. The van der Waals surface area contributed by atoms with Crippen molar-refractivity contribution in [3.63, 3.8) is 0 Å². The van der Waals surface area contributed by atoms with Gasteiger partial charge in [0.2, 0.25) is 0 Å². The summed E-state index contributed by atoms with van der Waals surface area (Å²) in [6.45, 7) is 0. The molecule has 0 saturated carbocycles. The van der Waals surface area contributed by atoms with E-state index in [0.717, 1.165) is 12.1 Å². The number of halogens is 5. The van der Waals surface area contributed by atoms with Crippen molar-refractivity contribution in [3.8, 4) is 0 Å². The first kappa shape index (κ1) is 13.2. The minimum absolute atomic E-state index is 0.0964. The summed E-state index contributed by atoms with van der Waals surface area (Å²) in [6, 6.07) is 5.60.